The van der Waals surface area contributed by atoms with Gasteiger partial charge in [0.15, 0.2) is 15.0 Å². The highest BCUT2D eigenvalue weighted by Crippen LogP contribution is 2.32. The number of aryl methyl sites for hydroxylation is 2. The minimum atomic E-state index is -3.29. The van der Waals surface area contributed by atoms with Gasteiger partial charge in [-0.15, -0.1) is 0 Å². The third-order valence-electron chi connectivity index (χ3n) is 4.87. The molecular weight excluding hydrogens is 396 g/mol. The number of nitrogens with zero attached hydrogens (tertiary/aromatic N) is 2. The van der Waals surface area contributed by atoms with Gasteiger partial charge in [-0.05, 0) is 37.6 Å². The number of thioether (sulfide) groups is 1. The Morgan fingerprint density at radius 1 is 1.14 bits per heavy atom. The van der Waals surface area contributed by atoms with Crippen LogP contribution in [0.5, 0.6) is 0 Å². The number of rotatable bonds is 3. The van der Waals surface area contributed by atoms with Crippen molar-refractivity contribution in [1.29, 1.82) is 0 Å². The molecule has 0 saturated carbocycles. The second kappa shape index (κ2) is 7.02. The Hall–Kier alpha value is -2.16. The lowest BCUT2D eigenvalue weighted by Gasteiger charge is -2.18. The number of para-hydroxylation sites is 1. The molecule has 2 heterocycles. The summed E-state index contributed by atoms with van der Waals surface area (Å²) in [6.07, 6.45) is -0.981. The maximum absolute atomic E-state index is 13.3. The van der Waals surface area contributed by atoms with E-state index >= 15 is 0 Å². The number of aliphatic hydroxyl groups is 1. The quantitative estimate of drug-likeness (QED) is 0.659. The lowest BCUT2D eigenvalue weighted by atomic mass is 10.1. The molecule has 8 heteroatoms. The van der Waals surface area contributed by atoms with Gasteiger partial charge in [-0.1, -0.05) is 41.6 Å². The standard InChI is InChI=1S/C20H20N2O4S2/c1-12-7-8-16(13(2)9-12)22-19(24)14-5-3-4-6-15(14)21-20(22)27-18-11-28(25,26)10-17(18)23/h3-9,17-18,23H,10-11H2,1-2H3/t17-,18-/m0/s1. The Kier molecular flexibility index (Phi) is 4.81. The maximum atomic E-state index is 13.3. The molecular formula is C20H20N2O4S2. The van der Waals surface area contributed by atoms with Gasteiger partial charge in [-0.25, -0.2) is 13.4 Å². The molecule has 0 spiro atoms. The molecule has 2 aromatic carbocycles. The first kappa shape index (κ1) is 19.2. The fourth-order valence-corrected chi connectivity index (χ4v) is 7.09. The monoisotopic (exact) mass is 416 g/mol. The molecule has 28 heavy (non-hydrogen) atoms. The van der Waals surface area contributed by atoms with Gasteiger partial charge in [-0.2, -0.15) is 0 Å². The number of aliphatic hydroxyl groups excluding tert-OH is 1. The molecule has 1 fully saturated rings. The highest BCUT2D eigenvalue weighted by Gasteiger charge is 2.38. The Morgan fingerprint density at radius 3 is 2.57 bits per heavy atom. The first-order valence-corrected chi connectivity index (χ1v) is 11.6. The Bertz CT molecular complexity index is 1230. The van der Waals surface area contributed by atoms with Crippen LogP contribution in [0.15, 0.2) is 52.4 Å². The van der Waals surface area contributed by atoms with Gasteiger partial charge >= 0.3 is 0 Å². The summed E-state index contributed by atoms with van der Waals surface area (Å²) in [6.45, 7) is 3.90. The van der Waals surface area contributed by atoms with Crippen molar-refractivity contribution < 1.29 is 13.5 Å². The predicted octanol–water partition coefficient (Wildman–Crippen LogP) is 2.25. The van der Waals surface area contributed by atoms with Crippen molar-refractivity contribution in [2.24, 2.45) is 0 Å². The highest BCUT2D eigenvalue weighted by atomic mass is 32.2. The third kappa shape index (κ3) is 3.47. The maximum Gasteiger partial charge on any atom is 0.266 e. The number of hydrogen-bond donors (Lipinski definition) is 1. The summed E-state index contributed by atoms with van der Waals surface area (Å²) in [4.78, 5) is 17.9. The van der Waals surface area contributed by atoms with Crippen LogP contribution in [0.2, 0.25) is 0 Å². The van der Waals surface area contributed by atoms with E-state index in [9.17, 15) is 18.3 Å². The third-order valence-corrected chi connectivity index (χ3v) is 8.06. The first-order valence-electron chi connectivity index (χ1n) is 8.90. The van der Waals surface area contributed by atoms with Crippen molar-refractivity contribution >= 4 is 32.5 Å². The van der Waals surface area contributed by atoms with Gasteiger partial charge in [-0.3, -0.25) is 9.36 Å². The molecule has 0 aliphatic carbocycles. The van der Waals surface area contributed by atoms with Crippen LogP contribution >= 0.6 is 11.8 Å². The molecule has 0 radical (unpaired) electrons. The molecule has 6 nitrogen and oxygen atoms in total. The van der Waals surface area contributed by atoms with E-state index in [0.29, 0.717) is 21.7 Å². The summed E-state index contributed by atoms with van der Waals surface area (Å²) < 4.78 is 25.3. The van der Waals surface area contributed by atoms with E-state index in [1.54, 1.807) is 24.3 Å². The molecule has 1 saturated heterocycles. The Labute approximate surface area is 167 Å². The minimum Gasteiger partial charge on any atom is -0.391 e. The van der Waals surface area contributed by atoms with E-state index < -0.39 is 21.2 Å². The molecule has 146 valence electrons. The largest absolute Gasteiger partial charge is 0.391 e. The number of sulfone groups is 1. The lowest BCUT2D eigenvalue weighted by molar-refractivity contribution is 0.207. The molecule has 0 unspecified atom stereocenters. The van der Waals surface area contributed by atoms with Crippen LogP contribution < -0.4 is 5.56 Å². The van der Waals surface area contributed by atoms with Crippen LogP contribution in [-0.4, -0.2) is 45.9 Å². The summed E-state index contributed by atoms with van der Waals surface area (Å²) in [5.41, 5.74) is 3.03. The van der Waals surface area contributed by atoms with E-state index in [1.165, 1.54) is 4.57 Å². The Balaban J connectivity index is 1.93. The molecule has 2 atom stereocenters. The van der Waals surface area contributed by atoms with Crippen LogP contribution in [0, 0.1) is 13.8 Å². The number of benzene rings is 2. The normalized spacial score (nSPS) is 21.2. The van der Waals surface area contributed by atoms with Crippen LogP contribution in [0.1, 0.15) is 11.1 Å². The van der Waals surface area contributed by atoms with Crippen LogP contribution in [0.4, 0.5) is 0 Å². The molecule has 0 amide bonds. The van der Waals surface area contributed by atoms with E-state index in [4.69, 9.17) is 0 Å². The van der Waals surface area contributed by atoms with Crippen molar-refractivity contribution in [3.8, 4) is 5.69 Å². The first-order chi connectivity index (χ1) is 13.2. The average Bonchev–Trinajstić information content (AvgIpc) is 2.88. The molecule has 1 aliphatic heterocycles. The van der Waals surface area contributed by atoms with Crippen molar-refractivity contribution in [2.45, 2.75) is 30.4 Å². The van der Waals surface area contributed by atoms with Gasteiger partial charge in [0.05, 0.1) is 39.4 Å². The van der Waals surface area contributed by atoms with Crippen LogP contribution in [0.25, 0.3) is 16.6 Å². The van der Waals surface area contributed by atoms with E-state index in [1.807, 2.05) is 32.0 Å². The zero-order chi connectivity index (χ0) is 20.1. The molecule has 1 aliphatic rings. The smallest absolute Gasteiger partial charge is 0.266 e. The van der Waals surface area contributed by atoms with E-state index in [-0.39, 0.29) is 17.1 Å². The van der Waals surface area contributed by atoms with E-state index in [0.717, 1.165) is 22.9 Å². The fraction of sp³-hybridized carbons (Fsp3) is 0.300. The summed E-state index contributed by atoms with van der Waals surface area (Å²) in [5, 5.41) is 10.5. The molecule has 0 bridgehead atoms. The second-order valence-corrected chi connectivity index (χ2v) is 10.5. The summed E-state index contributed by atoms with van der Waals surface area (Å²) in [6, 6.07) is 12.9. The second-order valence-electron chi connectivity index (χ2n) is 7.14. The van der Waals surface area contributed by atoms with E-state index in [2.05, 4.69) is 4.98 Å². The zero-order valence-corrected chi connectivity index (χ0v) is 17.1. The summed E-state index contributed by atoms with van der Waals surface area (Å²) >= 11 is 1.15. The van der Waals surface area contributed by atoms with Crippen LogP contribution in [-0.2, 0) is 9.84 Å². The van der Waals surface area contributed by atoms with Crippen molar-refractivity contribution in [1.82, 2.24) is 9.55 Å². The molecule has 4 rings (SSSR count). The van der Waals surface area contributed by atoms with Gasteiger partial charge in [0.1, 0.15) is 0 Å². The van der Waals surface area contributed by atoms with Crippen LogP contribution in [0.3, 0.4) is 0 Å². The van der Waals surface area contributed by atoms with Crippen molar-refractivity contribution in [3.63, 3.8) is 0 Å². The SMILES string of the molecule is Cc1ccc(-n2c(S[C@H]3CS(=O)(=O)C[C@@H]3O)nc3ccccc3c2=O)c(C)c1. The summed E-state index contributed by atoms with van der Waals surface area (Å²) in [5.74, 6) is -0.388. The van der Waals surface area contributed by atoms with Gasteiger partial charge in [0.2, 0.25) is 0 Å². The average molecular weight is 417 g/mol. The Morgan fingerprint density at radius 2 is 1.89 bits per heavy atom. The minimum absolute atomic E-state index is 0.131. The number of fused-ring (bicyclic) bond motifs is 1. The number of aromatic nitrogens is 2. The van der Waals surface area contributed by atoms with Crippen molar-refractivity contribution in [2.75, 3.05) is 11.5 Å². The molecule has 1 N–H and O–H groups in total. The number of hydrogen-bond acceptors (Lipinski definition) is 6. The fourth-order valence-electron chi connectivity index (χ4n) is 3.50. The van der Waals surface area contributed by atoms with Gasteiger partial charge in [0.25, 0.3) is 5.56 Å². The van der Waals surface area contributed by atoms with Gasteiger partial charge < -0.3 is 5.11 Å². The lowest BCUT2D eigenvalue weighted by Crippen LogP contribution is -2.26. The summed E-state index contributed by atoms with van der Waals surface area (Å²) in [7, 11) is -3.29. The highest BCUT2D eigenvalue weighted by molar-refractivity contribution is 8.01. The topological polar surface area (TPSA) is 89.3 Å². The molecule has 3 aromatic rings. The zero-order valence-electron chi connectivity index (χ0n) is 15.5. The van der Waals surface area contributed by atoms with Gasteiger partial charge in [0, 0.05) is 0 Å². The predicted molar refractivity (Wildman–Crippen MR) is 111 cm³/mol. The van der Waals surface area contributed by atoms with Crippen molar-refractivity contribution in [3.05, 3.63) is 63.9 Å². The molecule has 1 aromatic heterocycles.